The topological polar surface area (TPSA) is 40.5 Å². The molecule has 3 nitrogen and oxygen atoms in total. The van der Waals surface area contributed by atoms with Crippen LogP contribution in [0.4, 0.5) is 4.39 Å². The van der Waals surface area contributed by atoms with E-state index >= 15 is 0 Å². The zero-order chi connectivity index (χ0) is 10.6. The van der Waals surface area contributed by atoms with E-state index < -0.39 is 18.3 Å². The number of carbonyl (C=O) groups is 1. The van der Waals surface area contributed by atoms with Gasteiger partial charge in [-0.3, -0.25) is 4.79 Å². The van der Waals surface area contributed by atoms with Crippen LogP contribution in [0.5, 0.6) is 0 Å². The van der Waals surface area contributed by atoms with E-state index in [1.54, 1.807) is 0 Å². The fourth-order valence-corrected chi connectivity index (χ4v) is 2.10. The van der Waals surface area contributed by atoms with Gasteiger partial charge in [0.15, 0.2) is 0 Å². The van der Waals surface area contributed by atoms with E-state index in [9.17, 15) is 14.3 Å². The lowest BCUT2D eigenvalue weighted by molar-refractivity contribution is -0.130. The molecule has 2 rings (SSSR count). The van der Waals surface area contributed by atoms with Gasteiger partial charge in [-0.2, -0.15) is 0 Å². The Labute approximate surface area is 73.0 Å². The van der Waals surface area contributed by atoms with E-state index in [0.29, 0.717) is 0 Å². The summed E-state index contributed by atoms with van der Waals surface area (Å²) in [5.74, 6) is -0.261. The molecule has 4 heteroatoms. The summed E-state index contributed by atoms with van der Waals surface area (Å²) < 4.78 is 27.7. The molecular formula is C8H12FNO2. The quantitative estimate of drug-likeness (QED) is 0.613. The molecule has 2 unspecified atom stereocenters. The minimum absolute atomic E-state index is 0.0844. The summed E-state index contributed by atoms with van der Waals surface area (Å²) in [6.45, 7) is -2.60. The van der Waals surface area contributed by atoms with Crippen LogP contribution in [0.15, 0.2) is 0 Å². The highest BCUT2D eigenvalue weighted by Gasteiger charge is 2.51. The minimum atomic E-state index is -2.51. The molecular weight excluding hydrogens is 161 g/mol. The van der Waals surface area contributed by atoms with Gasteiger partial charge in [0.25, 0.3) is 0 Å². The molecule has 0 bridgehead atoms. The summed E-state index contributed by atoms with van der Waals surface area (Å²) in [4.78, 5) is 12.5. The molecule has 2 fully saturated rings. The molecule has 2 atom stereocenters. The van der Waals surface area contributed by atoms with Crippen molar-refractivity contribution in [3.8, 4) is 0 Å². The van der Waals surface area contributed by atoms with Crippen molar-refractivity contribution in [2.45, 2.75) is 31.0 Å². The van der Waals surface area contributed by atoms with Crippen LogP contribution in [0.3, 0.4) is 0 Å². The van der Waals surface area contributed by atoms with Crippen molar-refractivity contribution in [1.29, 1.82) is 0 Å². The van der Waals surface area contributed by atoms with Gasteiger partial charge in [0.2, 0.25) is 5.91 Å². The molecule has 0 saturated carbocycles. The number of hydrogen-bond acceptors (Lipinski definition) is 2. The van der Waals surface area contributed by atoms with Crippen molar-refractivity contribution in [3.05, 3.63) is 0 Å². The van der Waals surface area contributed by atoms with Gasteiger partial charge in [-0.15, -0.1) is 0 Å². The monoisotopic (exact) mass is 175 g/mol. The number of rotatable bonds is 1. The van der Waals surface area contributed by atoms with E-state index in [0.717, 1.165) is 4.90 Å². The molecule has 0 aromatic heterocycles. The number of aliphatic hydroxyl groups is 1. The Morgan fingerprint density at radius 1 is 1.92 bits per heavy atom. The lowest BCUT2D eigenvalue weighted by atomic mass is 9.95. The van der Waals surface area contributed by atoms with Crippen LogP contribution in [-0.2, 0) is 4.79 Å². The Morgan fingerprint density at radius 3 is 3.25 bits per heavy atom. The third kappa shape index (κ3) is 0.874. The maximum absolute atomic E-state index is 13.1. The second kappa shape index (κ2) is 2.42. The second-order valence-electron chi connectivity index (χ2n) is 3.45. The molecule has 2 aliphatic heterocycles. The van der Waals surface area contributed by atoms with Crippen LogP contribution in [-0.4, -0.2) is 40.7 Å². The van der Waals surface area contributed by atoms with Gasteiger partial charge < -0.3 is 10.0 Å². The van der Waals surface area contributed by atoms with Crippen LogP contribution in [0.2, 0.25) is 0 Å². The van der Waals surface area contributed by atoms with Gasteiger partial charge in [-0.05, 0) is 6.42 Å². The highest BCUT2D eigenvalue weighted by atomic mass is 19.1. The predicted molar refractivity (Wildman–Crippen MR) is 40.3 cm³/mol. The molecule has 1 amide bonds. The van der Waals surface area contributed by atoms with Crippen molar-refractivity contribution >= 4 is 5.91 Å². The SMILES string of the molecule is [2H]C([2H])(O)C12CCC(=O)N1CC(F)C2. The molecule has 0 aromatic rings. The molecule has 1 N–H and O–H groups in total. The Hall–Kier alpha value is -0.640. The Kier molecular flexibility index (Phi) is 1.19. The lowest BCUT2D eigenvalue weighted by Crippen LogP contribution is -2.43. The first kappa shape index (κ1) is 5.91. The first-order valence-corrected chi connectivity index (χ1v) is 4.04. The average Bonchev–Trinajstić information content (AvgIpc) is 2.49. The Morgan fingerprint density at radius 2 is 2.67 bits per heavy atom. The number of fused-ring (bicyclic) bond motifs is 1. The van der Waals surface area contributed by atoms with E-state index in [1.165, 1.54) is 0 Å². The summed E-state index contributed by atoms with van der Waals surface area (Å²) in [5.41, 5.74) is -1.32. The Balaban J connectivity index is 2.37. The molecule has 2 heterocycles. The molecule has 68 valence electrons. The summed E-state index contributed by atoms with van der Waals surface area (Å²) in [6.07, 6.45) is -0.911. The van der Waals surface area contributed by atoms with E-state index in [-0.39, 0.29) is 31.7 Å². The fourth-order valence-electron chi connectivity index (χ4n) is 2.10. The van der Waals surface area contributed by atoms with Crippen LogP contribution in [0, 0.1) is 0 Å². The van der Waals surface area contributed by atoms with Gasteiger partial charge in [0.05, 0.1) is 21.4 Å². The van der Waals surface area contributed by atoms with E-state index in [4.69, 9.17) is 2.74 Å². The van der Waals surface area contributed by atoms with Gasteiger partial charge in [0, 0.05) is 12.8 Å². The predicted octanol–water partition coefficient (Wildman–Crippen LogP) is 0.0817. The van der Waals surface area contributed by atoms with Crippen molar-refractivity contribution in [2.75, 3.05) is 13.1 Å². The molecule has 2 aliphatic rings. The van der Waals surface area contributed by atoms with Gasteiger partial charge in [0.1, 0.15) is 6.17 Å². The van der Waals surface area contributed by atoms with Gasteiger partial charge in [-0.1, -0.05) is 0 Å². The molecule has 0 spiro atoms. The van der Waals surface area contributed by atoms with Crippen molar-refractivity contribution in [1.82, 2.24) is 4.90 Å². The highest BCUT2D eigenvalue weighted by Crippen LogP contribution is 2.40. The van der Waals surface area contributed by atoms with Crippen LogP contribution >= 0.6 is 0 Å². The normalized spacial score (nSPS) is 44.3. The van der Waals surface area contributed by atoms with Gasteiger partial charge in [-0.25, -0.2) is 4.39 Å². The molecule has 2 saturated heterocycles. The maximum Gasteiger partial charge on any atom is 0.223 e. The summed E-state index contributed by atoms with van der Waals surface area (Å²) >= 11 is 0. The number of nitrogens with zero attached hydrogens (tertiary/aromatic N) is 1. The second-order valence-corrected chi connectivity index (χ2v) is 3.45. The fraction of sp³-hybridized carbons (Fsp3) is 0.875. The van der Waals surface area contributed by atoms with E-state index in [1.807, 2.05) is 0 Å². The van der Waals surface area contributed by atoms with Crippen molar-refractivity contribution in [2.24, 2.45) is 0 Å². The molecule has 12 heavy (non-hydrogen) atoms. The smallest absolute Gasteiger partial charge is 0.223 e. The molecule has 0 aromatic carbocycles. The third-order valence-electron chi connectivity index (χ3n) is 2.72. The lowest BCUT2D eigenvalue weighted by Gasteiger charge is -2.28. The minimum Gasteiger partial charge on any atom is -0.394 e. The van der Waals surface area contributed by atoms with E-state index in [2.05, 4.69) is 0 Å². The Bertz CT molecular complexity index is 281. The molecule has 0 aliphatic carbocycles. The standard InChI is InChI=1S/C8H12FNO2/c9-6-3-8(5-11)2-1-7(12)10(8)4-6/h6,11H,1-5H2/i5D2. The van der Waals surface area contributed by atoms with Gasteiger partial charge >= 0.3 is 0 Å². The zero-order valence-corrected chi connectivity index (χ0v) is 6.59. The maximum atomic E-state index is 13.1. The van der Waals surface area contributed by atoms with Crippen LogP contribution in [0.25, 0.3) is 0 Å². The number of carbonyl (C=O) groups excluding carboxylic acids is 1. The first-order chi connectivity index (χ1) is 6.37. The first-order valence-electron chi connectivity index (χ1n) is 5.04. The average molecular weight is 175 g/mol. The van der Waals surface area contributed by atoms with Crippen LogP contribution < -0.4 is 0 Å². The van der Waals surface area contributed by atoms with Crippen molar-refractivity contribution < 1.29 is 17.0 Å². The van der Waals surface area contributed by atoms with Crippen LogP contribution in [0.1, 0.15) is 22.0 Å². The summed E-state index contributed by atoms with van der Waals surface area (Å²) in [7, 11) is 0. The van der Waals surface area contributed by atoms with Crippen molar-refractivity contribution in [3.63, 3.8) is 0 Å². The number of amides is 1. The number of halogens is 1. The summed E-state index contributed by atoms with van der Waals surface area (Å²) in [5, 5.41) is 9.39. The largest absolute Gasteiger partial charge is 0.394 e. The molecule has 0 radical (unpaired) electrons. The zero-order valence-electron chi connectivity index (χ0n) is 8.59. The number of alkyl halides is 1. The summed E-state index contributed by atoms with van der Waals surface area (Å²) in [6, 6.07) is 0. The highest BCUT2D eigenvalue weighted by molar-refractivity contribution is 5.80. The third-order valence-corrected chi connectivity index (χ3v) is 2.72. The number of hydrogen-bond donors (Lipinski definition) is 1.